The Bertz CT molecular complexity index is 527. The van der Waals surface area contributed by atoms with Gasteiger partial charge in [-0.15, -0.1) is 0 Å². The van der Waals surface area contributed by atoms with Gasteiger partial charge in [-0.25, -0.2) is 0 Å². The highest BCUT2D eigenvalue weighted by molar-refractivity contribution is 5.50. The van der Waals surface area contributed by atoms with Gasteiger partial charge < -0.3 is 0 Å². The molecular weight excluding hydrogens is 194 g/mol. The van der Waals surface area contributed by atoms with Crippen LogP contribution < -0.4 is 0 Å². The zero-order chi connectivity index (χ0) is 11.2. The van der Waals surface area contributed by atoms with Gasteiger partial charge >= 0.3 is 0 Å². The first kappa shape index (κ1) is 10.2. The SMILES string of the molecule is C=Cc1ccc(C#Cc2cccnc2)cc1. The number of pyridine rings is 1. The number of aromatic nitrogens is 1. The molecule has 0 saturated heterocycles. The number of rotatable bonds is 1. The van der Waals surface area contributed by atoms with Crippen LogP contribution in [0.4, 0.5) is 0 Å². The summed E-state index contributed by atoms with van der Waals surface area (Å²) in [5, 5.41) is 0. The molecule has 0 amide bonds. The molecule has 0 bridgehead atoms. The summed E-state index contributed by atoms with van der Waals surface area (Å²) in [6.07, 6.45) is 5.31. The van der Waals surface area contributed by atoms with Gasteiger partial charge in [0.15, 0.2) is 0 Å². The highest BCUT2D eigenvalue weighted by Crippen LogP contribution is 2.04. The lowest BCUT2D eigenvalue weighted by Gasteiger charge is -1.92. The third-order valence-corrected chi connectivity index (χ3v) is 2.16. The van der Waals surface area contributed by atoms with Gasteiger partial charge in [-0.05, 0) is 29.8 Å². The van der Waals surface area contributed by atoms with Gasteiger partial charge in [0.2, 0.25) is 0 Å². The maximum Gasteiger partial charge on any atom is 0.0432 e. The van der Waals surface area contributed by atoms with Crippen LogP contribution >= 0.6 is 0 Å². The molecule has 0 saturated carbocycles. The minimum Gasteiger partial charge on any atom is -0.263 e. The van der Waals surface area contributed by atoms with E-state index in [-0.39, 0.29) is 0 Å². The summed E-state index contributed by atoms with van der Waals surface area (Å²) in [6, 6.07) is 11.8. The third kappa shape index (κ3) is 2.59. The molecule has 1 aromatic carbocycles. The molecule has 0 aliphatic heterocycles. The lowest BCUT2D eigenvalue weighted by molar-refractivity contribution is 1.31. The van der Waals surface area contributed by atoms with Crippen molar-refractivity contribution in [2.24, 2.45) is 0 Å². The van der Waals surface area contributed by atoms with E-state index in [1.165, 1.54) is 0 Å². The van der Waals surface area contributed by atoms with Crippen LogP contribution in [0.5, 0.6) is 0 Å². The average Bonchev–Trinajstić information content (AvgIpc) is 2.38. The molecule has 0 aliphatic rings. The minimum absolute atomic E-state index is 0.926. The molecule has 0 aliphatic carbocycles. The van der Waals surface area contributed by atoms with Crippen molar-refractivity contribution in [1.29, 1.82) is 0 Å². The van der Waals surface area contributed by atoms with Crippen LogP contribution in [-0.2, 0) is 0 Å². The van der Waals surface area contributed by atoms with Crippen LogP contribution in [0, 0.1) is 11.8 Å². The van der Waals surface area contributed by atoms with E-state index in [4.69, 9.17) is 0 Å². The molecule has 76 valence electrons. The van der Waals surface area contributed by atoms with Gasteiger partial charge in [0.1, 0.15) is 0 Å². The van der Waals surface area contributed by atoms with E-state index in [1.54, 1.807) is 12.4 Å². The fourth-order valence-corrected chi connectivity index (χ4v) is 1.28. The Kier molecular flexibility index (Phi) is 3.15. The molecule has 0 N–H and O–H groups in total. The van der Waals surface area contributed by atoms with E-state index in [0.717, 1.165) is 16.7 Å². The fraction of sp³-hybridized carbons (Fsp3) is 0. The molecule has 0 spiro atoms. The van der Waals surface area contributed by atoms with Crippen LogP contribution in [0.15, 0.2) is 55.4 Å². The van der Waals surface area contributed by atoms with Crippen LogP contribution in [0.3, 0.4) is 0 Å². The molecule has 2 rings (SSSR count). The van der Waals surface area contributed by atoms with Crippen LogP contribution in [0.1, 0.15) is 16.7 Å². The number of hydrogen-bond acceptors (Lipinski definition) is 1. The predicted octanol–water partition coefficient (Wildman–Crippen LogP) is 3.12. The molecular formula is C15H11N. The number of benzene rings is 1. The highest BCUT2D eigenvalue weighted by Gasteiger charge is 1.87. The maximum absolute atomic E-state index is 4.01. The van der Waals surface area contributed by atoms with Crippen molar-refractivity contribution in [2.45, 2.75) is 0 Å². The maximum atomic E-state index is 4.01. The third-order valence-electron chi connectivity index (χ3n) is 2.16. The van der Waals surface area contributed by atoms with Crippen molar-refractivity contribution in [3.63, 3.8) is 0 Å². The Labute approximate surface area is 95.5 Å². The second kappa shape index (κ2) is 4.95. The van der Waals surface area contributed by atoms with E-state index < -0.39 is 0 Å². The minimum atomic E-state index is 0.926. The molecule has 2 aromatic rings. The Morgan fingerprint density at radius 1 is 1.00 bits per heavy atom. The second-order valence-electron chi connectivity index (χ2n) is 3.32. The summed E-state index contributed by atoms with van der Waals surface area (Å²) in [6.45, 7) is 3.71. The Hall–Kier alpha value is -2.33. The van der Waals surface area contributed by atoms with Gasteiger partial charge in [0.05, 0.1) is 0 Å². The van der Waals surface area contributed by atoms with Gasteiger partial charge in [0.25, 0.3) is 0 Å². The van der Waals surface area contributed by atoms with E-state index in [2.05, 4.69) is 23.4 Å². The number of nitrogens with zero attached hydrogens (tertiary/aromatic N) is 1. The van der Waals surface area contributed by atoms with E-state index in [9.17, 15) is 0 Å². The normalized spacial score (nSPS) is 9.00. The molecule has 1 heterocycles. The molecule has 1 heteroatoms. The van der Waals surface area contributed by atoms with Gasteiger partial charge in [-0.3, -0.25) is 4.98 Å². The first-order chi connectivity index (χ1) is 7.88. The van der Waals surface area contributed by atoms with Crippen molar-refractivity contribution in [2.75, 3.05) is 0 Å². The zero-order valence-corrected chi connectivity index (χ0v) is 8.85. The van der Waals surface area contributed by atoms with Gasteiger partial charge in [0, 0.05) is 23.5 Å². The predicted molar refractivity (Wildman–Crippen MR) is 66.8 cm³/mol. The lowest BCUT2D eigenvalue weighted by atomic mass is 10.1. The van der Waals surface area contributed by atoms with E-state index in [1.807, 2.05) is 42.5 Å². The first-order valence-electron chi connectivity index (χ1n) is 5.03. The van der Waals surface area contributed by atoms with Crippen molar-refractivity contribution < 1.29 is 0 Å². The molecule has 0 atom stereocenters. The Morgan fingerprint density at radius 2 is 1.75 bits per heavy atom. The van der Waals surface area contributed by atoms with Crippen molar-refractivity contribution >= 4 is 6.08 Å². The van der Waals surface area contributed by atoms with Crippen molar-refractivity contribution in [3.8, 4) is 11.8 Å². The summed E-state index contributed by atoms with van der Waals surface area (Å²) in [5.41, 5.74) is 3.02. The molecule has 0 unspecified atom stereocenters. The highest BCUT2D eigenvalue weighted by atomic mass is 14.6. The van der Waals surface area contributed by atoms with Crippen LogP contribution in [0.25, 0.3) is 6.08 Å². The van der Waals surface area contributed by atoms with Crippen LogP contribution in [-0.4, -0.2) is 4.98 Å². The lowest BCUT2D eigenvalue weighted by Crippen LogP contribution is -1.77. The summed E-state index contributed by atoms with van der Waals surface area (Å²) >= 11 is 0. The molecule has 0 radical (unpaired) electrons. The quantitative estimate of drug-likeness (QED) is 0.652. The molecule has 1 nitrogen and oxygen atoms in total. The first-order valence-corrected chi connectivity index (χ1v) is 5.03. The summed E-state index contributed by atoms with van der Waals surface area (Å²) < 4.78 is 0. The van der Waals surface area contributed by atoms with Crippen molar-refractivity contribution in [1.82, 2.24) is 4.98 Å². The summed E-state index contributed by atoms with van der Waals surface area (Å²) in [7, 11) is 0. The molecule has 16 heavy (non-hydrogen) atoms. The Morgan fingerprint density at radius 3 is 2.38 bits per heavy atom. The second-order valence-corrected chi connectivity index (χ2v) is 3.32. The van der Waals surface area contributed by atoms with Crippen LogP contribution in [0.2, 0.25) is 0 Å². The fourth-order valence-electron chi connectivity index (χ4n) is 1.28. The Balaban J connectivity index is 2.21. The van der Waals surface area contributed by atoms with Crippen molar-refractivity contribution in [3.05, 3.63) is 72.1 Å². The average molecular weight is 205 g/mol. The molecule has 0 fully saturated rings. The van der Waals surface area contributed by atoms with E-state index >= 15 is 0 Å². The summed E-state index contributed by atoms with van der Waals surface area (Å²) in [4.78, 5) is 4.01. The molecule has 1 aromatic heterocycles. The largest absolute Gasteiger partial charge is 0.263 e. The standard InChI is InChI=1S/C15H11N/c1-2-13-5-7-14(8-6-13)9-10-15-4-3-11-16-12-15/h2-8,11-12H,1H2. The number of hydrogen-bond donors (Lipinski definition) is 0. The van der Waals surface area contributed by atoms with Gasteiger partial charge in [-0.1, -0.05) is 36.6 Å². The van der Waals surface area contributed by atoms with Gasteiger partial charge in [-0.2, -0.15) is 0 Å². The zero-order valence-electron chi connectivity index (χ0n) is 8.85. The summed E-state index contributed by atoms with van der Waals surface area (Å²) in [5.74, 6) is 6.15. The van der Waals surface area contributed by atoms with E-state index in [0.29, 0.717) is 0 Å². The smallest absolute Gasteiger partial charge is 0.0432 e. The monoisotopic (exact) mass is 205 g/mol. The topological polar surface area (TPSA) is 12.9 Å².